The first-order valence-corrected chi connectivity index (χ1v) is 9.11. The van der Waals surface area contributed by atoms with Crippen LogP contribution in [0.4, 0.5) is 11.5 Å². The summed E-state index contributed by atoms with van der Waals surface area (Å²) in [5.74, 6) is -0.434. The second-order valence-corrected chi connectivity index (χ2v) is 6.55. The number of aromatic amines is 1. The van der Waals surface area contributed by atoms with Gasteiger partial charge in [-0.25, -0.2) is 4.79 Å². The van der Waals surface area contributed by atoms with Crippen molar-refractivity contribution in [1.29, 1.82) is 0 Å². The molecule has 150 valence electrons. The van der Waals surface area contributed by atoms with Gasteiger partial charge < -0.3 is 15.2 Å². The van der Waals surface area contributed by atoms with Crippen LogP contribution in [0.1, 0.15) is 18.4 Å². The van der Waals surface area contributed by atoms with Gasteiger partial charge in [-0.2, -0.15) is 0 Å². The third-order valence-corrected chi connectivity index (χ3v) is 4.66. The first-order chi connectivity index (χ1) is 13.5. The highest BCUT2D eigenvalue weighted by Gasteiger charge is 2.32. The largest absolute Gasteiger partial charge is 0.383 e. The monoisotopic (exact) mass is 388 g/mol. The maximum Gasteiger partial charge on any atom is 0.330 e. The third-order valence-electron chi connectivity index (χ3n) is 4.66. The van der Waals surface area contributed by atoms with E-state index in [0.29, 0.717) is 13.0 Å². The van der Waals surface area contributed by atoms with E-state index >= 15 is 0 Å². The Hall–Kier alpha value is -2.91. The lowest BCUT2D eigenvalue weighted by Gasteiger charge is -2.26. The van der Waals surface area contributed by atoms with E-state index in [4.69, 9.17) is 15.2 Å². The van der Waals surface area contributed by atoms with Gasteiger partial charge in [0.1, 0.15) is 11.9 Å². The lowest BCUT2D eigenvalue weighted by atomic mass is 10.2. The number of anilines is 2. The molecule has 0 spiro atoms. The average Bonchev–Trinajstić information content (AvgIpc) is 3.22. The molecule has 1 aliphatic heterocycles. The van der Waals surface area contributed by atoms with Crippen molar-refractivity contribution in [3.8, 4) is 0 Å². The molecule has 28 heavy (non-hydrogen) atoms. The number of nitrogens with one attached hydrogen (secondary N) is 1. The van der Waals surface area contributed by atoms with Gasteiger partial charge in [-0.05, 0) is 18.4 Å². The van der Waals surface area contributed by atoms with E-state index in [-0.39, 0.29) is 37.1 Å². The Labute approximate surface area is 161 Å². The summed E-state index contributed by atoms with van der Waals surface area (Å²) >= 11 is 0. The quantitative estimate of drug-likeness (QED) is 0.705. The molecule has 9 nitrogen and oxygen atoms in total. The number of carbonyl (C=O) groups is 1. The number of ether oxygens (including phenoxy) is 2. The van der Waals surface area contributed by atoms with Gasteiger partial charge in [0.25, 0.3) is 11.5 Å². The zero-order valence-electron chi connectivity index (χ0n) is 15.7. The van der Waals surface area contributed by atoms with Gasteiger partial charge in [-0.3, -0.25) is 24.0 Å². The second-order valence-electron chi connectivity index (χ2n) is 6.55. The molecular weight excluding hydrogens is 364 g/mol. The number of nitrogens with zero attached hydrogens (tertiary/aromatic N) is 2. The number of H-pyrrole nitrogens is 1. The van der Waals surface area contributed by atoms with Crippen LogP contribution in [0.3, 0.4) is 0 Å². The van der Waals surface area contributed by atoms with E-state index < -0.39 is 17.4 Å². The highest BCUT2D eigenvalue weighted by atomic mass is 16.5. The minimum absolute atomic E-state index is 0.0620. The minimum Gasteiger partial charge on any atom is -0.383 e. The van der Waals surface area contributed by atoms with Crippen LogP contribution in [0.25, 0.3) is 0 Å². The Morgan fingerprint density at radius 2 is 2.11 bits per heavy atom. The van der Waals surface area contributed by atoms with Crippen molar-refractivity contribution in [2.75, 3.05) is 37.5 Å². The number of rotatable bonds is 7. The maximum absolute atomic E-state index is 13.0. The first kappa shape index (κ1) is 19.8. The molecule has 1 aromatic carbocycles. The van der Waals surface area contributed by atoms with Gasteiger partial charge in [0.2, 0.25) is 0 Å². The number of nitrogen functional groups attached to an aromatic ring is 1. The third kappa shape index (κ3) is 4.15. The highest BCUT2D eigenvalue weighted by molar-refractivity contribution is 5.98. The fourth-order valence-electron chi connectivity index (χ4n) is 3.22. The zero-order valence-corrected chi connectivity index (χ0v) is 15.7. The lowest BCUT2D eigenvalue weighted by Crippen LogP contribution is -2.46. The molecule has 9 heteroatoms. The average molecular weight is 388 g/mol. The number of benzene rings is 1. The Morgan fingerprint density at radius 1 is 1.36 bits per heavy atom. The SMILES string of the molecule is COCCN(C(=O)C1CCCO1)c1c(N)n(Cc2ccccc2)c(=O)[nH]c1=O. The van der Waals surface area contributed by atoms with Crippen LogP contribution in [0, 0.1) is 0 Å². The molecule has 1 aliphatic rings. The van der Waals surface area contributed by atoms with Gasteiger partial charge in [-0.1, -0.05) is 30.3 Å². The molecule has 0 aliphatic carbocycles. The molecule has 1 aromatic heterocycles. The van der Waals surface area contributed by atoms with E-state index in [1.54, 1.807) is 0 Å². The fraction of sp³-hybridized carbons (Fsp3) is 0.421. The summed E-state index contributed by atoms with van der Waals surface area (Å²) in [5, 5.41) is 0. The van der Waals surface area contributed by atoms with E-state index in [9.17, 15) is 14.4 Å². The molecule has 1 saturated heterocycles. The topological polar surface area (TPSA) is 120 Å². The van der Waals surface area contributed by atoms with Crippen molar-refractivity contribution < 1.29 is 14.3 Å². The van der Waals surface area contributed by atoms with Crippen molar-refractivity contribution in [1.82, 2.24) is 9.55 Å². The Balaban J connectivity index is 2.03. The molecule has 1 fully saturated rings. The molecule has 1 unspecified atom stereocenters. The van der Waals surface area contributed by atoms with Gasteiger partial charge in [0, 0.05) is 20.3 Å². The Bertz CT molecular complexity index is 932. The second kappa shape index (κ2) is 8.85. The Morgan fingerprint density at radius 3 is 2.75 bits per heavy atom. The van der Waals surface area contributed by atoms with Crippen molar-refractivity contribution in [3.05, 3.63) is 56.7 Å². The van der Waals surface area contributed by atoms with Crippen LogP contribution in [0.2, 0.25) is 0 Å². The number of methoxy groups -OCH3 is 1. The number of nitrogens with two attached hydrogens (primary N) is 1. The summed E-state index contributed by atoms with van der Waals surface area (Å²) in [4.78, 5) is 41.4. The van der Waals surface area contributed by atoms with Gasteiger partial charge in [0.05, 0.1) is 13.2 Å². The first-order valence-electron chi connectivity index (χ1n) is 9.11. The number of hydrogen-bond acceptors (Lipinski definition) is 6. The van der Waals surface area contributed by atoms with E-state index in [1.807, 2.05) is 30.3 Å². The molecule has 1 amide bonds. The van der Waals surface area contributed by atoms with Crippen LogP contribution in [-0.2, 0) is 20.8 Å². The molecule has 2 heterocycles. The van der Waals surface area contributed by atoms with Gasteiger partial charge in [-0.15, -0.1) is 0 Å². The van der Waals surface area contributed by atoms with E-state index in [2.05, 4.69) is 4.98 Å². The molecule has 1 atom stereocenters. The summed E-state index contributed by atoms with van der Waals surface area (Å²) < 4.78 is 11.8. The summed E-state index contributed by atoms with van der Waals surface area (Å²) in [7, 11) is 1.50. The molecule has 2 aromatic rings. The molecule has 0 saturated carbocycles. The van der Waals surface area contributed by atoms with Crippen molar-refractivity contribution in [3.63, 3.8) is 0 Å². The number of aromatic nitrogens is 2. The van der Waals surface area contributed by atoms with Crippen LogP contribution in [0.5, 0.6) is 0 Å². The maximum atomic E-state index is 13.0. The predicted molar refractivity (Wildman–Crippen MR) is 104 cm³/mol. The van der Waals surface area contributed by atoms with Gasteiger partial charge in [0.15, 0.2) is 5.69 Å². The lowest BCUT2D eigenvalue weighted by molar-refractivity contribution is -0.127. The molecule has 0 radical (unpaired) electrons. The standard InChI is InChI=1S/C19H24N4O5/c1-27-11-9-22(18(25)14-8-5-10-28-14)15-16(20)23(19(26)21-17(15)24)12-13-6-3-2-4-7-13/h2-4,6-7,14H,5,8-12,20H2,1H3,(H,21,24,26). The summed E-state index contributed by atoms with van der Waals surface area (Å²) in [6.07, 6.45) is 0.711. The smallest absolute Gasteiger partial charge is 0.330 e. The minimum atomic E-state index is -0.714. The van der Waals surface area contributed by atoms with Crippen LogP contribution < -0.4 is 21.9 Å². The summed E-state index contributed by atoms with van der Waals surface area (Å²) in [6.45, 7) is 0.983. The van der Waals surface area contributed by atoms with Crippen LogP contribution in [0.15, 0.2) is 39.9 Å². The highest BCUT2D eigenvalue weighted by Crippen LogP contribution is 2.22. The van der Waals surface area contributed by atoms with Crippen molar-refractivity contribution >= 4 is 17.4 Å². The van der Waals surface area contributed by atoms with E-state index in [1.165, 1.54) is 16.6 Å². The predicted octanol–water partition coefficient (Wildman–Crippen LogP) is 0.326. The zero-order chi connectivity index (χ0) is 20.1. The summed E-state index contributed by atoms with van der Waals surface area (Å²) in [6, 6.07) is 9.23. The Kier molecular flexibility index (Phi) is 6.27. The fourth-order valence-corrected chi connectivity index (χ4v) is 3.22. The number of hydrogen-bond donors (Lipinski definition) is 2. The van der Waals surface area contributed by atoms with Crippen molar-refractivity contribution in [2.45, 2.75) is 25.5 Å². The van der Waals surface area contributed by atoms with Gasteiger partial charge >= 0.3 is 5.69 Å². The molecule has 3 rings (SSSR count). The number of amides is 1. The van der Waals surface area contributed by atoms with Crippen molar-refractivity contribution in [2.24, 2.45) is 0 Å². The van der Waals surface area contributed by atoms with Crippen LogP contribution >= 0.6 is 0 Å². The number of carbonyl (C=O) groups excluding carboxylic acids is 1. The normalized spacial score (nSPS) is 16.2. The molecular formula is C19H24N4O5. The van der Waals surface area contributed by atoms with E-state index in [0.717, 1.165) is 12.0 Å². The van der Waals surface area contributed by atoms with Crippen LogP contribution in [-0.4, -0.2) is 48.4 Å². The molecule has 0 bridgehead atoms. The summed E-state index contributed by atoms with van der Waals surface area (Å²) in [5.41, 5.74) is 5.64. The molecule has 3 N–H and O–H groups in total.